The number of para-hydroxylation sites is 3. The van der Waals surface area contributed by atoms with E-state index in [1.54, 1.807) is 7.11 Å². The van der Waals surface area contributed by atoms with Gasteiger partial charge in [-0.15, -0.1) is 0 Å². The molecule has 1 fully saturated rings. The fourth-order valence-electron chi connectivity index (χ4n) is 5.95. The van der Waals surface area contributed by atoms with Gasteiger partial charge in [-0.2, -0.15) is 0 Å². The number of nitrogens with zero attached hydrogens (tertiary/aromatic N) is 3. The van der Waals surface area contributed by atoms with Gasteiger partial charge in [-0.1, -0.05) is 72.8 Å². The number of piperazine rings is 1. The van der Waals surface area contributed by atoms with Gasteiger partial charge in [0.1, 0.15) is 11.6 Å². The molecule has 1 saturated heterocycles. The Hall–Kier alpha value is -4.58. The molecule has 0 spiro atoms. The number of amides is 1. The lowest BCUT2D eigenvalue weighted by atomic mass is 9.87. The van der Waals surface area contributed by atoms with E-state index in [-0.39, 0.29) is 17.6 Å². The van der Waals surface area contributed by atoms with Crippen LogP contribution in [0.1, 0.15) is 29.0 Å². The van der Waals surface area contributed by atoms with E-state index in [9.17, 15) is 9.18 Å². The highest BCUT2D eigenvalue weighted by Crippen LogP contribution is 2.36. The van der Waals surface area contributed by atoms with Crippen LogP contribution in [-0.4, -0.2) is 48.7 Å². The lowest BCUT2D eigenvalue weighted by Gasteiger charge is -2.37. The molecule has 0 N–H and O–H groups in total. The van der Waals surface area contributed by atoms with Crippen LogP contribution < -0.4 is 9.64 Å². The summed E-state index contributed by atoms with van der Waals surface area (Å²) in [5.41, 5.74) is 5.45. The summed E-state index contributed by atoms with van der Waals surface area (Å²) in [7, 11) is 1.69. The molecule has 0 radical (unpaired) electrons. The first-order valence-corrected chi connectivity index (χ1v) is 14.1. The van der Waals surface area contributed by atoms with Crippen molar-refractivity contribution in [3.8, 4) is 5.75 Å². The van der Waals surface area contributed by atoms with Crippen molar-refractivity contribution < 1.29 is 13.9 Å². The van der Waals surface area contributed by atoms with Crippen LogP contribution in [0.3, 0.4) is 0 Å². The maximum absolute atomic E-state index is 13.8. The van der Waals surface area contributed by atoms with Gasteiger partial charge in [-0.25, -0.2) is 4.39 Å². The van der Waals surface area contributed by atoms with Crippen LogP contribution in [-0.2, 0) is 11.3 Å². The molecule has 6 rings (SSSR count). The highest BCUT2D eigenvalue weighted by atomic mass is 19.1. The van der Waals surface area contributed by atoms with Crippen LogP contribution in [0.15, 0.2) is 109 Å². The summed E-state index contributed by atoms with van der Waals surface area (Å²) in [5, 5.41) is 1.14. The number of halogens is 1. The molecule has 1 aromatic heterocycles. The summed E-state index contributed by atoms with van der Waals surface area (Å²) < 4.78 is 21.3. The summed E-state index contributed by atoms with van der Waals surface area (Å²) in [5.74, 6) is 0.691. The number of rotatable bonds is 8. The van der Waals surface area contributed by atoms with Crippen molar-refractivity contribution in [3.63, 3.8) is 0 Å². The number of hydrogen-bond acceptors (Lipinski definition) is 3. The Morgan fingerprint density at radius 2 is 1.51 bits per heavy atom. The van der Waals surface area contributed by atoms with Gasteiger partial charge in [0.15, 0.2) is 0 Å². The van der Waals surface area contributed by atoms with Gasteiger partial charge in [0, 0.05) is 62.2 Å². The van der Waals surface area contributed by atoms with E-state index in [1.165, 1.54) is 12.1 Å². The predicted octanol–water partition coefficient (Wildman–Crippen LogP) is 6.71. The normalized spacial score (nSPS) is 14.3. The molecule has 208 valence electrons. The summed E-state index contributed by atoms with van der Waals surface area (Å²) >= 11 is 0. The molecule has 6 heteroatoms. The molecule has 5 nitrogen and oxygen atoms in total. The Kier molecular flexibility index (Phi) is 7.72. The third-order valence-corrected chi connectivity index (χ3v) is 8.10. The maximum atomic E-state index is 13.8. The van der Waals surface area contributed by atoms with Gasteiger partial charge < -0.3 is 19.1 Å². The van der Waals surface area contributed by atoms with Crippen molar-refractivity contribution in [2.75, 3.05) is 38.2 Å². The number of carbonyl (C=O) groups is 1. The number of methoxy groups -OCH3 is 1. The second kappa shape index (κ2) is 11.9. The highest BCUT2D eigenvalue weighted by Gasteiger charge is 2.28. The Morgan fingerprint density at radius 3 is 2.27 bits per heavy atom. The zero-order valence-electron chi connectivity index (χ0n) is 23.2. The third kappa shape index (κ3) is 5.68. The minimum Gasteiger partial charge on any atom is -0.495 e. The standard InChI is InChI=1S/C35H34FN3O2/c1-41-34-14-8-7-13-33(34)37-19-21-38(22-20-37)35(40)23-30(27-9-3-2-4-10-27)31-25-39(32-12-6-5-11-29(31)32)24-26-15-17-28(36)18-16-26/h2-18,25,30H,19-24H2,1H3/t30-/m1/s1. The van der Waals surface area contributed by atoms with E-state index in [2.05, 4.69) is 52.1 Å². The summed E-state index contributed by atoms with van der Waals surface area (Å²) in [6, 6.07) is 33.4. The zero-order chi connectivity index (χ0) is 28.2. The molecular weight excluding hydrogens is 513 g/mol. The van der Waals surface area contributed by atoms with Crippen LogP contribution >= 0.6 is 0 Å². The smallest absolute Gasteiger partial charge is 0.223 e. The molecule has 1 atom stereocenters. The summed E-state index contributed by atoms with van der Waals surface area (Å²) in [6.45, 7) is 3.49. The Balaban J connectivity index is 1.26. The molecule has 1 aliphatic rings. The number of benzene rings is 4. The average Bonchev–Trinajstić information content (AvgIpc) is 3.39. The third-order valence-electron chi connectivity index (χ3n) is 8.10. The van der Waals surface area contributed by atoms with Crippen LogP contribution in [0.2, 0.25) is 0 Å². The van der Waals surface area contributed by atoms with Crippen LogP contribution in [0, 0.1) is 5.82 Å². The average molecular weight is 548 g/mol. The number of aromatic nitrogens is 1. The van der Waals surface area contributed by atoms with Crippen molar-refractivity contribution in [3.05, 3.63) is 132 Å². The Bertz CT molecular complexity index is 1620. The fraction of sp³-hybridized carbons (Fsp3) is 0.229. The minimum atomic E-state index is -0.238. The summed E-state index contributed by atoms with van der Waals surface area (Å²) in [6.07, 6.45) is 2.57. The number of fused-ring (bicyclic) bond motifs is 1. The van der Waals surface area contributed by atoms with Gasteiger partial charge in [0.2, 0.25) is 5.91 Å². The van der Waals surface area contributed by atoms with E-state index in [0.29, 0.717) is 26.1 Å². The number of hydrogen-bond donors (Lipinski definition) is 0. The quantitative estimate of drug-likeness (QED) is 0.217. The van der Waals surface area contributed by atoms with E-state index in [0.717, 1.165) is 52.1 Å². The van der Waals surface area contributed by atoms with Gasteiger partial charge in [0.25, 0.3) is 0 Å². The molecule has 0 saturated carbocycles. The highest BCUT2D eigenvalue weighted by molar-refractivity contribution is 5.87. The molecule has 4 aromatic carbocycles. The van der Waals surface area contributed by atoms with Gasteiger partial charge in [-0.05, 0) is 47.0 Å². The molecule has 0 aliphatic carbocycles. The lowest BCUT2D eigenvalue weighted by Crippen LogP contribution is -2.49. The molecule has 2 heterocycles. The first-order valence-electron chi connectivity index (χ1n) is 14.1. The van der Waals surface area contributed by atoms with Gasteiger partial charge in [-0.3, -0.25) is 4.79 Å². The lowest BCUT2D eigenvalue weighted by molar-refractivity contribution is -0.131. The van der Waals surface area contributed by atoms with E-state index < -0.39 is 0 Å². The largest absolute Gasteiger partial charge is 0.495 e. The molecule has 1 amide bonds. The van der Waals surface area contributed by atoms with Crippen molar-refractivity contribution in [1.82, 2.24) is 9.47 Å². The topological polar surface area (TPSA) is 37.7 Å². The number of ether oxygens (including phenoxy) is 1. The van der Waals surface area contributed by atoms with Crippen molar-refractivity contribution in [2.45, 2.75) is 18.9 Å². The first-order chi connectivity index (χ1) is 20.1. The predicted molar refractivity (Wildman–Crippen MR) is 162 cm³/mol. The molecule has 5 aromatic rings. The van der Waals surface area contributed by atoms with Gasteiger partial charge in [0.05, 0.1) is 12.8 Å². The van der Waals surface area contributed by atoms with Crippen LogP contribution in [0.25, 0.3) is 10.9 Å². The Labute approximate surface area is 240 Å². The monoisotopic (exact) mass is 547 g/mol. The Morgan fingerprint density at radius 1 is 0.829 bits per heavy atom. The molecular formula is C35H34FN3O2. The minimum absolute atomic E-state index is 0.0877. The van der Waals surface area contributed by atoms with Crippen LogP contribution in [0.4, 0.5) is 10.1 Å². The van der Waals surface area contributed by atoms with Crippen LogP contribution in [0.5, 0.6) is 5.75 Å². The first kappa shape index (κ1) is 26.6. The van der Waals surface area contributed by atoms with E-state index in [1.807, 2.05) is 59.5 Å². The van der Waals surface area contributed by atoms with E-state index in [4.69, 9.17) is 4.74 Å². The number of anilines is 1. The molecule has 0 bridgehead atoms. The second-order valence-electron chi connectivity index (χ2n) is 10.6. The summed E-state index contributed by atoms with van der Waals surface area (Å²) in [4.78, 5) is 18.1. The van der Waals surface area contributed by atoms with Gasteiger partial charge >= 0.3 is 0 Å². The molecule has 41 heavy (non-hydrogen) atoms. The second-order valence-corrected chi connectivity index (χ2v) is 10.6. The van der Waals surface area contributed by atoms with Crippen molar-refractivity contribution >= 4 is 22.5 Å². The number of carbonyl (C=O) groups excluding carboxylic acids is 1. The van der Waals surface area contributed by atoms with Crippen molar-refractivity contribution in [1.29, 1.82) is 0 Å². The molecule has 1 aliphatic heterocycles. The van der Waals surface area contributed by atoms with E-state index >= 15 is 0 Å². The fourth-order valence-corrected chi connectivity index (χ4v) is 5.95. The maximum Gasteiger partial charge on any atom is 0.223 e. The molecule has 0 unspecified atom stereocenters. The SMILES string of the molecule is COc1ccccc1N1CCN(C(=O)C[C@H](c2ccccc2)c2cn(Cc3ccc(F)cc3)c3ccccc23)CC1. The van der Waals surface area contributed by atoms with Crippen molar-refractivity contribution in [2.24, 2.45) is 0 Å². The zero-order valence-corrected chi connectivity index (χ0v) is 23.2.